The van der Waals surface area contributed by atoms with Crippen LogP contribution >= 0.6 is 0 Å². The van der Waals surface area contributed by atoms with Gasteiger partial charge < -0.3 is 0 Å². The molecule has 27 heavy (non-hydrogen) atoms. The van der Waals surface area contributed by atoms with Crippen molar-refractivity contribution in [3.63, 3.8) is 0 Å². The van der Waals surface area contributed by atoms with Gasteiger partial charge in [0.25, 0.3) is 0 Å². The molecule has 0 aliphatic rings. The largest absolute Gasteiger partial charge is 0.116 e. The van der Waals surface area contributed by atoms with E-state index < -0.39 is 0 Å². The van der Waals surface area contributed by atoms with Gasteiger partial charge in [0, 0.05) is 0 Å². The van der Waals surface area contributed by atoms with Gasteiger partial charge in [0.05, 0.1) is 0 Å². The van der Waals surface area contributed by atoms with E-state index in [1.807, 2.05) is 0 Å². The smallest absolute Gasteiger partial charge is 0.0885 e. The summed E-state index contributed by atoms with van der Waals surface area (Å²) < 4.78 is 0. The van der Waals surface area contributed by atoms with Crippen LogP contribution in [-0.4, -0.2) is 7.28 Å². The van der Waals surface area contributed by atoms with Crippen molar-refractivity contribution in [2.75, 3.05) is 0 Å². The average molecular weight is 367 g/mol. The molecule has 0 N–H and O–H groups in total. The Hall–Kier alpha value is -1.24. The van der Waals surface area contributed by atoms with Crippen molar-refractivity contribution in [1.29, 1.82) is 0 Å². The summed E-state index contributed by atoms with van der Waals surface area (Å²) in [6.45, 7) is 9.13. The van der Waals surface area contributed by atoms with Gasteiger partial charge in [-0.1, -0.05) is 119 Å². The van der Waals surface area contributed by atoms with Crippen LogP contribution in [0.4, 0.5) is 0 Å². The molecule has 0 aromatic rings. The van der Waals surface area contributed by atoms with Gasteiger partial charge in [-0.05, 0) is 44.9 Å². The molecular weight excluding hydrogens is 323 g/mol. The molecule has 0 fully saturated rings. The summed E-state index contributed by atoms with van der Waals surface area (Å²) in [5.74, 6) is 0. The molecule has 0 bridgehead atoms. The van der Waals surface area contributed by atoms with Crippen LogP contribution in [0.3, 0.4) is 0 Å². The fourth-order valence-electron chi connectivity index (χ4n) is 3.04. The lowest BCUT2D eigenvalue weighted by Crippen LogP contribution is -2.11. The lowest BCUT2D eigenvalue weighted by Gasteiger charge is -2.22. The molecule has 0 saturated heterocycles. The fourth-order valence-corrected chi connectivity index (χ4v) is 3.04. The molecule has 0 amide bonds. The first-order valence-corrected chi connectivity index (χ1v) is 11.2. The van der Waals surface area contributed by atoms with Crippen LogP contribution in [-0.2, 0) is 0 Å². The number of hydrogen-bond acceptors (Lipinski definition) is 0. The summed E-state index contributed by atoms with van der Waals surface area (Å²) >= 11 is 0. The Morgan fingerprint density at radius 3 is 1.56 bits per heavy atom. The lowest BCUT2D eigenvalue weighted by atomic mass is 9.51. The number of allylic oxidation sites excluding steroid dienone is 10. The van der Waals surface area contributed by atoms with Gasteiger partial charge >= 0.3 is 0 Å². The Morgan fingerprint density at radius 2 is 1.07 bits per heavy atom. The van der Waals surface area contributed by atoms with Crippen LogP contribution in [0.15, 0.2) is 60.8 Å². The molecule has 0 aromatic heterocycles. The minimum atomic E-state index is 0.423. The van der Waals surface area contributed by atoms with Crippen molar-refractivity contribution in [3.05, 3.63) is 60.8 Å². The molecule has 0 spiro atoms. The third-order valence-corrected chi connectivity index (χ3v) is 4.61. The van der Waals surface area contributed by atoms with Gasteiger partial charge in [-0.15, -0.1) is 0 Å². The Labute approximate surface area is 171 Å². The summed E-state index contributed by atoms with van der Waals surface area (Å²) in [5, 5.41) is 0.423. The minimum absolute atomic E-state index is 0.423. The number of unbranched alkanes of at least 4 members (excludes halogenated alkanes) is 3. The summed E-state index contributed by atoms with van der Waals surface area (Å²) in [4.78, 5) is 0. The molecule has 0 rings (SSSR count). The van der Waals surface area contributed by atoms with E-state index >= 15 is 0 Å². The Bertz CT molecular complexity index is 449. The Kier molecular flexibility index (Phi) is 18.6. The lowest BCUT2D eigenvalue weighted by molar-refractivity contribution is 0.540. The van der Waals surface area contributed by atoms with Gasteiger partial charge in [0.2, 0.25) is 0 Å². The van der Waals surface area contributed by atoms with Gasteiger partial charge in [-0.2, -0.15) is 0 Å². The van der Waals surface area contributed by atoms with Gasteiger partial charge in [0.1, 0.15) is 7.28 Å². The highest BCUT2D eigenvalue weighted by atomic mass is 14.1. The molecule has 0 nitrogen and oxygen atoms in total. The molecule has 1 heteroatoms. The molecule has 0 aliphatic carbocycles. The standard InChI is InChI=1S/C26H44B/c1-5-7-8-9-10-11-12-13-14-15-16-17-18-19-20-21-22-23-24-25-26(3,4)27-6-2/h7-8,10-11,13-14,16-17,19-20H,5-6,9,12,15,18,21-25H2,1-4H3/b8-7-,11-10-,14-13-,17-16-,20-19-. The van der Waals surface area contributed by atoms with Crippen LogP contribution < -0.4 is 0 Å². The summed E-state index contributed by atoms with van der Waals surface area (Å²) in [7, 11) is 2.46. The van der Waals surface area contributed by atoms with Gasteiger partial charge in [-0.25, -0.2) is 0 Å². The molecule has 0 aliphatic heterocycles. The van der Waals surface area contributed by atoms with E-state index in [0.29, 0.717) is 5.31 Å². The van der Waals surface area contributed by atoms with Crippen molar-refractivity contribution in [2.45, 2.75) is 104 Å². The summed E-state index contributed by atoms with van der Waals surface area (Å²) in [6.07, 6.45) is 35.7. The van der Waals surface area contributed by atoms with Gasteiger partial charge in [-0.3, -0.25) is 0 Å². The van der Waals surface area contributed by atoms with Crippen LogP contribution in [0.1, 0.15) is 91.9 Å². The highest BCUT2D eigenvalue weighted by molar-refractivity contribution is 6.39. The highest BCUT2D eigenvalue weighted by Crippen LogP contribution is 2.31. The first kappa shape index (κ1) is 25.8. The molecule has 151 valence electrons. The van der Waals surface area contributed by atoms with E-state index in [4.69, 9.17) is 0 Å². The predicted octanol–water partition coefficient (Wildman–Crippen LogP) is 9.03. The van der Waals surface area contributed by atoms with Crippen molar-refractivity contribution >= 4 is 7.28 Å². The molecule has 0 heterocycles. The first-order valence-electron chi connectivity index (χ1n) is 11.2. The summed E-state index contributed by atoms with van der Waals surface area (Å²) in [6, 6.07) is 0. The third-order valence-electron chi connectivity index (χ3n) is 4.61. The van der Waals surface area contributed by atoms with Crippen LogP contribution in [0.25, 0.3) is 0 Å². The molecule has 1 radical (unpaired) electrons. The van der Waals surface area contributed by atoms with Gasteiger partial charge in [0.15, 0.2) is 0 Å². The predicted molar refractivity (Wildman–Crippen MR) is 128 cm³/mol. The van der Waals surface area contributed by atoms with E-state index in [-0.39, 0.29) is 0 Å². The van der Waals surface area contributed by atoms with Crippen molar-refractivity contribution in [1.82, 2.24) is 0 Å². The maximum absolute atomic E-state index is 2.46. The number of hydrogen-bond donors (Lipinski definition) is 0. The topological polar surface area (TPSA) is 0 Å². The second-order valence-electron chi connectivity index (χ2n) is 7.91. The van der Waals surface area contributed by atoms with E-state index in [2.05, 4.69) is 95.7 Å². The van der Waals surface area contributed by atoms with Crippen molar-refractivity contribution in [3.8, 4) is 0 Å². The fraction of sp³-hybridized carbons (Fsp3) is 0.615. The van der Waals surface area contributed by atoms with Crippen molar-refractivity contribution < 1.29 is 0 Å². The number of rotatable bonds is 17. The SMILES string of the molecule is CC[B]C(C)(C)CCCCC/C=C\C/C=C\C/C=C\C/C=C\C/C=C\CC. The van der Waals surface area contributed by atoms with E-state index in [1.54, 1.807) is 0 Å². The van der Waals surface area contributed by atoms with Crippen LogP contribution in [0.5, 0.6) is 0 Å². The zero-order valence-corrected chi connectivity index (χ0v) is 18.6. The molecular formula is C26H44B. The van der Waals surface area contributed by atoms with Crippen LogP contribution in [0, 0.1) is 0 Å². The zero-order chi connectivity index (χ0) is 20.1. The first-order chi connectivity index (χ1) is 13.1. The highest BCUT2D eigenvalue weighted by Gasteiger charge is 2.16. The second-order valence-corrected chi connectivity index (χ2v) is 7.91. The molecule has 0 saturated carbocycles. The minimum Gasteiger partial charge on any atom is -0.0885 e. The maximum atomic E-state index is 2.46. The second kappa shape index (κ2) is 19.5. The van der Waals surface area contributed by atoms with E-state index in [1.165, 1.54) is 38.4 Å². The van der Waals surface area contributed by atoms with Crippen LogP contribution in [0.2, 0.25) is 11.6 Å². The normalized spacial score (nSPS) is 13.3. The Balaban J connectivity index is 3.50. The molecule has 0 atom stereocenters. The maximum Gasteiger partial charge on any atom is 0.116 e. The molecule has 0 unspecified atom stereocenters. The van der Waals surface area contributed by atoms with E-state index in [0.717, 1.165) is 32.1 Å². The average Bonchev–Trinajstić information content (AvgIpc) is 2.63. The molecule has 0 aromatic carbocycles. The van der Waals surface area contributed by atoms with E-state index in [9.17, 15) is 0 Å². The quantitative estimate of drug-likeness (QED) is 0.137. The zero-order valence-electron chi connectivity index (χ0n) is 18.6. The Morgan fingerprint density at radius 1 is 0.593 bits per heavy atom. The van der Waals surface area contributed by atoms with Crippen molar-refractivity contribution in [2.24, 2.45) is 0 Å². The summed E-state index contributed by atoms with van der Waals surface area (Å²) in [5.41, 5.74) is 0. The monoisotopic (exact) mass is 367 g/mol. The third kappa shape index (κ3) is 20.9.